The Morgan fingerprint density at radius 3 is 2.09 bits per heavy atom. The van der Waals surface area contributed by atoms with Crippen LogP contribution in [0.4, 0.5) is 0 Å². The zero-order valence-electron chi connectivity index (χ0n) is 12.3. The van der Waals surface area contributed by atoms with Crippen LogP contribution in [0.15, 0.2) is 60.7 Å². The molecule has 0 aliphatic carbocycles. The number of benzene rings is 2. The van der Waals surface area contributed by atoms with E-state index in [0.717, 1.165) is 18.4 Å². The highest BCUT2D eigenvalue weighted by Crippen LogP contribution is 2.40. The molecule has 2 aliphatic heterocycles. The van der Waals surface area contributed by atoms with Crippen LogP contribution in [0.25, 0.3) is 16.7 Å². The third kappa shape index (κ3) is 2.20. The summed E-state index contributed by atoms with van der Waals surface area (Å²) >= 11 is 0. The van der Waals surface area contributed by atoms with E-state index in [1.165, 1.54) is 16.7 Å². The van der Waals surface area contributed by atoms with Gasteiger partial charge in [0.25, 0.3) is 0 Å². The van der Waals surface area contributed by atoms with Crippen LogP contribution in [0.1, 0.15) is 24.8 Å². The van der Waals surface area contributed by atoms with E-state index in [-0.39, 0.29) is 10.5 Å². The molecule has 2 aromatic rings. The topological polar surface area (TPSA) is 34.1 Å². The summed E-state index contributed by atoms with van der Waals surface area (Å²) in [4.78, 5) is 0. The molecule has 2 aromatic carbocycles. The van der Waals surface area contributed by atoms with Gasteiger partial charge in [-0.05, 0) is 41.5 Å². The van der Waals surface area contributed by atoms with E-state index in [9.17, 15) is 8.42 Å². The highest BCUT2D eigenvalue weighted by atomic mass is 32.2. The normalized spacial score (nSPS) is 25.7. The van der Waals surface area contributed by atoms with Gasteiger partial charge in [-0.3, -0.25) is 0 Å². The molecule has 1 saturated heterocycles. The van der Waals surface area contributed by atoms with Gasteiger partial charge < -0.3 is 0 Å². The van der Waals surface area contributed by atoms with E-state index >= 15 is 0 Å². The van der Waals surface area contributed by atoms with Gasteiger partial charge in [-0.15, -0.1) is 0 Å². The highest BCUT2D eigenvalue weighted by Gasteiger charge is 2.43. The number of fused-ring (bicyclic) bond motifs is 2. The van der Waals surface area contributed by atoms with Gasteiger partial charge in [0.15, 0.2) is 9.84 Å². The molecular formula is C19H18O2S. The van der Waals surface area contributed by atoms with E-state index in [1.807, 2.05) is 24.3 Å². The average Bonchev–Trinajstić information content (AvgIpc) is 2.73. The average molecular weight is 310 g/mol. The van der Waals surface area contributed by atoms with Crippen molar-refractivity contribution < 1.29 is 8.42 Å². The maximum absolute atomic E-state index is 12.1. The first-order valence-corrected chi connectivity index (χ1v) is 9.35. The number of sulfone groups is 1. The second kappa shape index (κ2) is 5.10. The minimum Gasteiger partial charge on any atom is -0.228 e. The van der Waals surface area contributed by atoms with Crippen LogP contribution in [0.2, 0.25) is 0 Å². The molecule has 22 heavy (non-hydrogen) atoms. The molecule has 0 radical (unpaired) electrons. The predicted octanol–water partition coefficient (Wildman–Crippen LogP) is 4.09. The molecule has 0 amide bonds. The van der Waals surface area contributed by atoms with Crippen molar-refractivity contribution in [3.05, 3.63) is 66.2 Å². The van der Waals surface area contributed by atoms with Crippen molar-refractivity contribution in [3.8, 4) is 11.1 Å². The Labute approximate surface area is 131 Å². The molecule has 0 saturated carbocycles. The van der Waals surface area contributed by atoms with Crippen molar-refractivity contribution in [2.75, 3.05) is 0 Å². The fraction of sp³-hybridized carbons (Fsp3) is 0.263. The van der Waals surface area contributed by atoms with Crippen LogP contribution in [0, 0.1) is 0 Å². The molecule has 112 valence electrons. The number of allylic oxidation sites excluding steroid dienone is 1. The molecule has 2 nitrogen and oxygen atoms in total. The fourth-order valence-electron chi connectivity index (χ4n) is 3.58. The van der Waals surface area contributed by atoms with Gasteiger partial charge in [0.1, 0.15) is 0 Å². The first-order chi connectivity index (χ1) is 10.6. The lowest BCUT2D eigenvalue weighted by Crippen LogP contribution is -2.26. The summed E-state index contributed by atoms with van der Waals surface area (Å²) in [5.74, 6) is 0. The van der Waals surface area contributed by atoms with Gasteiger partial charge >= 0.3 is 0 Å². The highest BCUT2D eigenvalue weighted by molar-refractivity contribution is 7.93. The smallest absolute Gasteiger partial charge is 0.159 e. The summed E-state index contributed by atoms with van der Waals surface area (Å²) in [5, 5.41) is -0.415. The Morgan fingerprint density at radius 2 is 1.41 bits per heavy atom. The molecule has 2 unspecified atom stereocenters. The van der Waals surface area contributed by atoms with Gasteiger partial charge in [0, 0.05) is 0 Å². The van der Waals surface area contributed by atoms with Crippen LogP contribution in [0.3, 0.4) is 0 Å². The SMILES string of the molecule is O=S1(=O)C2C=C(c3ccc(-c4ccccc4)cc3)CC1CC2. The number of rotatable bonds is 2. The molecule has 2 aliphatic rings. The van der Waals surface area contributed by atoms with Gasteiger partial charge in [-0.2, -0.15) is 0 Å². The van der Waals surface area contributed by atoms with Crippen LogP contribution in [0.5, 0.6) is 0 Å². The molecule has 2 atom stereocenters. The molecular weight excluding hydrogens is 292 g/mol. The van der Waals surface area contributed by atoms with E-state index in [4.69, 9.17) is 0 Å². The van der Waals surface area contributed by atoms with E-state index < -0.39 is 9.84 Å². The summed E-state index contributed by atoms with van der Waals surface area (Å²) in [6.07, 6.45) is 4.26. The van der Waals surface area contributed by atoms with Crippen LogP contribution < -0.4 is 0 Å². The van der Waals surface area contributed by atoms with Gasteiger partial charge in [0.2, 0.25) is 0 Å². The van der Waals surface area contributed by atoms with Crippen molar-refractivity contribution in [2.24, 2.45) is 0 Å². The van der Waals surface area contributed by atoms with Crippen LogP contribution in [-0.2, 0) is 9.84 Å². The quantitative estimate of drug-likeness (QED) is 0.837. The molecule has 0 N–H and O–H groups in total. The molecule has 4 rings (SSSR count). The third-order valence-electron chi connectivity index (χ3n) is 4.86. The standard InChI is InChI=1S/C19H18O2S/c20-22(21)18-10-11-19(22)13-17(12-18)16-8-6-15(7-9-16)14-4-2-1-3-5-14/h1-9,12,18-19H,10-11,13H2. The van der Waals surface area contributed by atoms with Crippen molar-refractivity contribution in [2.45, 2.75) is 29.8 Å². The molecule has 2 heterocycles. The zero-order valence-corrected chi connectivity index (χ0v) is 13.1. The molecule has 0 spiro atoms. The minimum absolute atomic E-state index is 0.161. The minimum atomic E-state index is -2.90. The van der Waals surface area contributed by atoms with Gasteiger partial charge in [-0.1, -0.05) is 60.7 Å². The summed E-state index contributed by atoms with van der Waals surface area (Å²) in [6, 6.07) is 18.8. The Hall–Kier alpha value is -1.87. The fourth-order valence-corrected chi connectivity index (χ4v) is 5.77. The van der Waals surface area contributed by atoms with Crippen molar-refractivity contribution in [1.29, 1.82) is 0 Å². The van der Waals surface area contributed by atoms with Crippen LogP contribution in [-0.4, -0.2) is 18.9 Å². The molecule has 3 heteroatoms. The first-order valence-electron chi connectivity index (χ1n) is 7.74. The maximum Gasteiger partial charge on any atom is 0.159 e. The van der Waals surface area contributed by atoms with Crippen LogP contribution >= 0.6 is 0 Å². The van der Waals surface area contributed by atoms with Crippen molar-refractivity contribution in [1.82, 2.24) is 0 Å². The van der Waals surface area contributed by atoms with Gasteiger partial charge in [-0.25, -0.2) is 8.42 Å². The number of hydrogen-bond donors (Lipinski definition) is 0. The largest absolute Gasteiger partial charge is 0.228 e. The Morgan fingerprint density at radius 1 is 0.773 bits per heavy atom. The van der Waals surface area contributed by atoms with E-state index in [0.29, 0.717) is 6.42 Å². The molecule has 0 aromatic heterocycles. The Bertz CT molecular complexity index is 817. The summed E-state index contributed by atoms with van der Waals surface area (Å²) < 4.78 is 24.3. The predicted molar refractivity (Wildman–Crippen MR) is 90.2 cm³/mol. The first kappa shape index (κ1) is 13.8. The Balaban J connectivity index is 1.65. The lowest BCUT2D eigenvalue weighted by atomic mass is 9.97. The second-order valence-electron chi connectivity index (χ2n) is 6.17. The lowest BCUT2D eigenvalue weighted by molar-refractivity contribution is 0.585. The monoisotopic (exact) mass is 310 g/mol. The second-order valence-corrected chi connectivity index (χ2v) is 8.62. The van der Waals surface area contributed by atoms with E-state index in [2.05, 4.69) is 36.4 Å². The summed E-state index contributed by atoms with van der Waals surface area (Å²) in [7, 11) is -2.90. The summed E-state index contributed by atoms with van der Waals surface area (Å²) in [6.45, 7) is 0. The maximum atomic E-state index is 12.1. The lowest BCUT2D eigenvalue weighted by Gasteiger charge is -2.20. The molecule has 2 bridgehead atoms. The summed E-state index contributed by atoms with van der Waals surface area (Å²) in [5.41, 5.74) is 4.75. The van der Waals surface area contributed by atoms with Crippen molar-refractivity contribution in [3.63, 3.8) is 0 Å². The van der Waals surface area contributed by atoms with Gasteiger partial charge in [0.05, 0.1) is 10.5 Å². The van der Waals surface area contributed by atoms with E-state index in [1.54, 1.807) is 0 Å². The third-order valence-corrected chi connectivity index (χ3v) is 7.40. The molecule has 1 fully saturated rings. The zero-order chi connectivity index (χ0) is 15.2. The van der Waals surface area contributed by atoms with Crippen molar-refractivity contribution >= 4 is 15.4 Å². The number of hydrogen-bond acceptors (Lipinski definition) is 2. The Kier molecular flexibility index (Phi) is 3.19.